The van der Waals surface area contributed by atoms with E-state index in [0.29, 0.717) is 10.8 Å². The second kappa shape index (κ2) is 16.2. The summed E-state index contributed by atoms with van der Waals surface area (Å²) in [5.41, 5.74) is -0.292. The van der Waals surface area contributed by atoms with Crippen LogP contribution in [0.25, 0.3) is 34.0 Å². The van der Waals surface area contributed by atoms with Gasteiger partial charge < -0.3 is 23.7 Å². The van der Waals surface area contributed by atoms with Gasteiger partial charge in [0, 0.05) is 34.5 Å². The van der Waals surface area contributed by atoms with Gasteiger partial charge in [-0.3, -0.25) is 28.7 Å². The van der Waals surface area contributed by atoms with E-state index in [4.69, 9.17) is 0 Å². The molecular weight excluding hydrogens is 735 g/mol. The van der Waals surface area contributed by atoms with Gasteiger partial charge in [-0.05, 0) is 59.7 Å². The predicted molar refractivity (Wildman–Crippen MR) is 186 cm³/mol. The van der Waals surface area contributed by atoms with Crippen molar-refractivity contribution in [2.24, 2.45) is 0 Å². The predicted octanol–water partition coefficient (Wildman–Crippen LogP) is -0.404. The standard InChI is InChI=1S/C34H24N4O10S2.2Na.2H/c39-31-25(13-9-21-3-1-15-35-29(21)31)33(41)37-23-11-7-19(27(17-23)49(43,44)45)5-6-20-8-12-24(18-28(20)50(46,47)48)38-34(42)26-14-10-22-4-2-16-36-30(22)32(26)40;;;;/h1-18,39-40H,(H,37,41)(H,38,42)(H,43,44,45)(H,46,47,48);;;;/q;2*+1;2*-1/b6-5+;;;;. The smallest absolute Gasteiger partial charge is 1.00 e. The molecule has 0 radical (unpaired) electrons. The molecule has 0 fully saturated rings. The van der Waals surface area contributed by atoms with Crippen molar-refractivity contribution < 1.29 is 108 Å². The van der Waals surface area contributed by atoms with E-state index in [9.17, 15) is 45.7 Å². The van der Waals surface area contributed by atoms with Gasteiger partial charge in [-0.1, -0.05) is 48.6 Å². The Morgan fingerprint density at radius 3 is 1.35 bits per heavy atom. The van der Waals surface area contributed by atoms with Crippen molar-refractivity contribution >= 4 is 77.4 Å². The van der Waals surface area contributed by atoms with E-state index >= 15 is 0 Å². The van der Waals surface area contributed by atoms with E-state index in [2.05, 4.69) is 20.6 Å². The molecule has 2 heterocycles. The molecule has 0 spiro atoms. The van der Waals surface area contributed by atoms with Crippen molar-refractivity contribution in [3.63, 3.8) is 0 Å². The number of hydrogen-bond donors (Lipinski definition) is 6. The summed E-state index contributed by atoms with van der Waals surface area (Å²) in [5.74, 6) is -2.37. The molecule has 18 heteroatoms. The van der Waals surface area contributed by atoms with Gasteiger partial charge in [0.15, 0.2) is 11.5 Å². The van der Waals surface area contributed by atoms with Gasteiger partial charge in [-0.15, -0.1) is 0 Å². The van der Waals surface area contributed by atoms with Crippen molar-refractivity contribution in [2.45, 2.75) is 9.79 Å². The molecule has 0 atom stereocenters. The van der Waals surface area contributed by atoms with Crippen molar-refractivity contribution in [1.29, 1.82) is 0 Å². The number of amides is 2. The molecule has 6 N–H and O–H groups in total. The Kier molecular flexibility index (Phi) is 12.7. The third kappa shape index (κ3) is 8.70. The maximum absolute atomic E-state index is 13.0. The Bertz CT molecular complexity index is 2470. The number of rotatable bonds is 8. The van der Waals surface area contributed by atoms with Gasteiger partial charge in [-0.25, -0.2) is 0 Å². The monoisotopic (exact) mass is 760 g/mol. The Morgan fingerprint density at radius 2 is 0.981 bits per heavy atom. The average molecular weight is 761 g/mol. The number of nitrogens with one attached hydrogen (secondary N) is 2. The first-order valence-electron chi connectivity index (χ1n) is 14.4. The molecule has 0 saturated heterocycles. The van der Waals surface area contributed by atoms with Crippen molar-refractivity contribution in [3.05, 3.63) is 120 Å². The zero-order valence-corrected chi connectivity index (χ0v) is 33.0. The summed E-state index contributed by atoms with van der Waals surface area (Å²) in [4.78, 5) is 32.7. The van der Waals surface area contributed by atoms with Gasteiger partial charge in [0.25, 0.3) is 32.1 Å². The van der Waals surface area contributed by atoms with E-state index in [1.54, 1.807) is 36.4 Å². The average Bonchev–Trinajstić information content (AvgIpc) is 3.07. The molecule has 0 aliphatic heterocycles. The minimum Gasteiger partial charge on any atom is -1.00 e. The van der Waals surface area contributed by atoms with E-state index < -0.39 is 41.8 Å². The first kappa shape index (κ1) is 40.6. The largest absolute Gasteiger partial charge is 1.00 e. The van der Waals surface area contributed by atoms with Crippen molar-refractivity contribution in [3.8, 4) is 11.5 Å². The summed E-state index contributed by atoms with van der Waals surface area (Å²) in [7, 11) is -9.80. The van der Waals surface area contributed by atoms with Crippen LogP contribution in [0.5, 0.6) is 11.5 Å². The molecule has 0 aliphatic carbocycles. The number of fused-ring (bicyclic) bond motifs is 2. The van der Waals surface area contributed by atoms with Crippen LogP contribution >= 0.6 is 0 Å². The molecule has 0 unspecified atom stereocenters. The van der Waals surface area contributed by atoms with E-state index in [0.717, 1.165) is 24.3 Å². The van der Waals surface area contributed by atoms with Gasteiger partial charge in [0.05, 0.1) is 11.1 Å². The third-order valence-corrected chi connectivity index (χ3v) is 9.34. The van der Waals surface area contributed by atoms with Crippen LogP contribution < -0.4 is 69.7 Å². The summed E-state index contributed by atoms with van der Waals surface area (Å²) < 4.78 is 69.2. The summed E-state index contributed by atoms with van der Waals surface area (Å²) >= 11 is 0. The fourth-order valence-corrected chi connectivity index (χ4v) is 6.57. The van der Waals surface area contributed by atoms with Gasteiger partial charge in [0.2, 0.25) is 0 Å². The number of pyridine rings is 2. The molecular formula is C34H26N4Na2O10S2. The molecule has 2 aromatic heterocycles. The van der Waals surface area contributed by atoms with Crippen LogP contribution in [-0.2, 0) is 20.2 Å². The number of carbonyl (C=O) groups is 2. The summed E-state index contributed by atoms with van der Waals surface area (Å²) in [6, 6.07) is 19.6. The number of aromatic nitrogens is 2. The minimum absolute atomic E-state index is 0. The summed E-state index contributed by atoms with van der Waals surface area (Å²) in [5, 5.41) is 27.2. The SMILES string of the molecule is O=C(Nc1ccc(/C=C/c2ccc(NC(=O)c3ccc4cccnc4c3O)cc2S(=O)(=O)O)c(S(=O)(=O)O)c1)c1ccc2cccnc2c1O.[H-].[H-].[Na+].[Na+]. The van der Waals surface area contributed by atoms with Crippen molar-refractivity contribution in [2.75, 3.05) is 10.6 Å². The van der Waals surface area contributed by atoms with E-state index in [1.807, 2.05) is 0 Å². The first-order valence-corrected chi connectivity index (χ1v) is 17.3. The summed E-state index contributed by atoms with van der Waals surface area (Å²) in [6.45, 7) is 0. The molecule has 6 rings (SSSR count). The van der Waals surface area contributed by atoms with Crippen LogP contribution in [0, 0.1) is 0 Å². The van der Waals surface area contributed by atoms with Crippen molar-refractivity contribution in [1.82, 2.24) is 9.97 Å². The van der Waals surface area contributed by atoms with Crippen LogP contribution in [0.4, 0.5) is 11.4 Å². The number of phenols is 2. The number of phenolic OH excluding ortho intramolecular Hbond substituents is 2. The molecule has 2 amide bonds. The first-order chi connectivity index (χ1) is 23.7. The summed E-state index contributed by atoms with van der Waals surface area (Å²) in [6.07, 6.45) is 5.19. The zero-order valence-electron chi connectivity index (χ0n) is 29.3. The fourth-order valence-electron chi connectivity index (χ4n) is 5.15. The number of aromatic hydroxyl groups is 2. The van der Waals surface area contributed by atoms with Gasteiger partial charge in [0.1, 0.15) is 20.8 Å². The molecule has 0 aliphatic rings. The quantitative estimate of drug-likeness (QED) is 0.0661. The van der Waals surface area contributed by atoms with Gasteiger partial charge in [-0.2, -0.15) is 16.8 Å². The van der Waals surface area contributed by atoms with Gasteiger partial charge >= 0.3 is 59.1 Å². The topological polar surface area (TPSA) is 233 Å². The van der Waals surface area contributed by atoms with E-state index in [-0.39, 0.29) is 118 Å². The number of anilines is 2. The molecule has 0 bridgehead atoms. The Morgan fingerprint density at radius 1 is 0.596 bits per heavy atom. The van der Waals surface area contributed by atoms with Crippen LogP contribution in [0.2, 0.25) is 0 Å². The molecule has 256 valence electrons. The molecule has 0 saturated carbocycles. The second-order valence-electron chi connectivity index (χ2n) is 10.8. The Labute approximate surface area is 343 Å². The number of hydrogen-bond acceptors (Lipinski definition) is 10. The zero-order chi connectivity index (χ0) is 35.8. The Balaban J connectivity index is 0.00000252. The van der Waals surface area contributed by atoms with Crippen LogP contribution in [0.1, 0.15) is 34.7 Å². The molecule has 6 aromatic rings. The molecule has 14 nitrogen and oxygen atoms in total. The molecule has 4 aromatic carbocycles. The third-order valence-electron chi connectivity index (χ3n) is 7.53. The minimum atomic E-state index is -4.90. The number of benzene rings is 4. The maximum Gasteiger partial charge on any atom is 1.00 e. The normalized spacial score (nSPS) is 11.5. The van der Waals surface area contributed by atoms with Crippen LogP contribution in [-0.4, -0.2) is 57.9 Å². The fraction of sp³-hybridized carbons (Fsp3) is 0. The maximum atomic E-state index is 13.0. The van der Waals surface area contributed by atoms with Crippen LogP contribution in [0.15, 0.2) is 107 Å². The number of nitrogens with zero attached hydrogens (tertiary/aromatic N) is 2. The van der Waals surface area contributed by atoms with E-state index in [1.165, 1.54) is 48.8 Å². The molecule has 52 heavy (non-hydrogen) atoms. The number of carbonyl (C=O) groups excluding carboxylic acids is 2. The Hall–Kier alpha value is -4.20. The van der Waals surface area contributed by atoms with Crippen LogP contribution in [0.3, 0.4) is 0 Å². The second-order valence-corrected chi connectivity index (χ2v) is 13.6.